The standard InChI is InChI=1S/C21H17F3N2O4/c1-28-16-4-2-3-13(11-16)17-12-18(26-30-17)20(9-10-20)19(27)25-14-5-7-15(8-6-14)29-21(22,23)24/h2-8,11-12H,9-10H2,1H3,(H,25,27). The van der Waals surface area contributed by atoms with E-state index in [4.69, 9.17) is 9.26 Å². The van der Waals surface area contributed by atoms with Crippen molar-refractivity contribution in [3.05, 3.63) is 60.3 Å². The zero-order valence-corrected chi connectivity index (χ0v) is 15.8. The first-order valence-electron chi connectivity index (χ1n) is 9.08. The summed E-state index contributed by atoms with van der Waals surface area (Å²) in [6.07, 6.45) is -3.58. The molecule has 0 bridgehead atoms. The summed E-state index contributed by atoms with van der Waals surface area (Å²) in [6, 6.07) is 14.0. The Kier molecular flexibility index (Phi) is 4.89. The number of carbonyl (C=O) groups is 1. The van der Waals surface area contributed by atoms with Gasteiger partial charge in [0.1, 0.15) is 11.5 Å². The molecule has 1 aliphatic carbocycles. The summed E-state index contributed by atoms with van der Waals surface area (Å²) in [7, 11) is 1.57. The Hall–Kier alpha value is -3.49. The Morgan fingerprint density at radius 2 is 1.83 bits per heavy atom. The van der Waals surface area contributed by atoms with Gasteiger partial charge in [0.05, 0.1) is 18.2 Å². The van der Waals surface area contributed by atoms with Gasteiger partial charge in [0.15, 0.2) is 5.76 Å². The number of nitrogens with zero attached hydrogens (tertiary/aromatic N) is 1. The number of hydrogen-bond donors (Lipinski definition) is 1. The molecule has 0 saturated heterocycles. The van der Waals surface area contributed by atoms with Gasteiger partial charge >= 0.3 is 6.36 Å². The zero-order chi connectivity index (χ0) is 21.4. The van der Waals surface area contributed by atoms with Gasteiger partial charge < -0.3 is 19.3 Å². The molecule has 0 unspecified atom stereocenters. The Balaban J connectivity index is 1.48. The third kappa shape index (κ3) is 4.10. The van der Waals surface area contributed by atoms with E-state index in [0.29, 0.717) is 35.7 Å². The lowest BCUT2D eigenvalue weighted by atomic mass is 10.00. The second kappa shape index (κ2) is 7.40. The number of anilines is 1. The van der Waals surface area contributed by atoms with Crippen LogP contribution >= 0.6 is 0 Å². The summed E-state index contributed by atoms with van der Waals surface area (Å²) in [5.41, 5.74) is 0.818. The number of amides is 1. The van der Waals surface area contributed by atoms with Crippen molar-refractivity contribution in [2.45, 2.75) is 24.6 Å². The van der Waals surface area contributed by atoms with Crippen molar-refractivity contribution in [2.24, 2.45) is 0 Å². The van der Waals surface area contributed by atoms with E-state index in [2.05, 4.69) is 15.2 Å². The van der Waals surface area contributed by atoms with Crippen LogP contribution in [-0.2, 0) is 10.2 Å². The molecule has 0 aliphatic heterocycles. The normalized spacial score (nSPS) is 14.8. The highest BCUT2D eigenvalue weighted by atomic mass is 19.4. The van der Waals surface area contributed by atoms with Crippen LogP contribution in [0, 0.1) is 0 Å². The van der Waals surface area contributed by atoms with Crippen LogP contribution in [0.5, 0.6) is 11.5 Å². The van der Waals surface area contributed by atoms with Gasteiger partial charge in [-0.2, -0.15) is 0 Å². The Morgan fingerprint density at radius 1 is 1.10 bits per heavy atom. The molecule has 1 heterocycles. The number of carbonyl (C=O) groups excluding carboxylic acids is 1. The highest BCUT2D eigenvalue weighted by Crippen LogP contribution is 2.49. The molecule has 4 rings (SSSR count). The van der Waals surface area contributed by atoms with Crippen LogP contribution < -0.4 is 14.8 Å². The smallest absolute Gasteiger partial charge is 0.497 e. The SMILES string of the molecule is COc1cccc(-c2cc(C3(C(=O)Nc4ccc(OC(F)(F)F)cc4)CC3)no2)c1. The molecule has 1 fully saturated rings. The largest absolute Gasteiger partial charge is 0.573 e. The zero-order valence-electron chi connectivity index (χ0n) is 15.8. The molecule has 1 N–H and O–H groups in total. The average Bonchev–Trinajstić information content (AvgIpc) is 3.38. The van der Waals surface area contributed by atoms with Gasteiger partial charge in [0.2, 0.25) is 5.91 Å². The molecule has 0 spiro atoms. The number of nitrogens with one attached hydrogen (secondary N) is 1. The molecule has 3 aromatic rings. The van der Waals surface area contributed by atoms with E-state index in [1.54, 1.807) is 19.2 Å². The molecule has 1 aromatic heterocycles. The van der Waals surface area contributed by atoms with Crippen LogP contribution in [0.3, 0.4) is 0 Å². The second-order valence-electron chi connectivity index (χ2n) is 6.92. The molecule has 1 aliphatic rings. The number of rotatable bonds is 6. The lowest BCUT2D eigenvalue weighted by Crippen LogP contribution is -2.28. The Bertz CT molecular complexity index is 1060. The number of alkyl halides is 3. The van der Waals surface area contributed by atoms with Gasteiger partial charge in [-0.05, 0) is 49.2 Å². The summed E-state index contributed by atoms with van der Waals surface area (Å²) in [5.74, 6) is 0.525. The van der Waals surface area contributed by atoms with Crippen molar-refractivity contribution >= 4 is 11.6 Å². The van der Waals surface area contributed by atoms with Crippen molar-refractivity contribution in [1.82, 2.24) is 5.16 Å². The van der Waals surface area contributed by atoms with Crippen molar-refractivity contribution < 1.29 is 32.0 Å². The lowest BCUT2D eigenvalue weighted by Gasteiger charge is -2.13. The van der Waals surface area contributed by atoms with Crippen molar-refractivity contribution in [2.75, 3.05) is 12.4 Å². The molecule has 0 atom stereocenters. The number of hydrogen-bond acceptors (Lipinski definition) is 5. The minimum atomic E-state index is -4.77. The highest BCUT2D eigenvalue weighted by molar-refractivity contribution is 6.01. The number of benzene rings is 2. The third-order valence-electron chi connectivity index (χ3n) is 4.89. The van der Waals surface area contributed by atoms with Crippen molar-refractivity contribution in [1.29, 1.82) is 0 Å². The van der Waals surface area contributed by atoms with E-state index in [1.165, 1.54) is 12.1 Å². The first-order valence-corrected chi connectivity index (χ1v) is 9.08. The molecule has 30 heavy (non-hydrogen) atoms. The number of ether oxygens (including phenoxy) is 2. The van der Waals surface area contributed by atoms with Crippen LogP contribution in [0.15, 0.2) is 59.1 Å². The van der Waals surface area contributed by atoms with E-state index >= 15 is 0 Å². The van der Waals surface area contributed by atoms with Gasteiger partial charge in [-0.25, -0.2) is 0 Å². The second-order valence-corrected chi connectivity index (χ2v) is 6.92. The molecule has 0 radical (unpaired) electrons. The summed E-state index contributed by atoms with van der Waals surface area (Å²) in [6.45, 7) is 0. The van der Waals surface area contributed by atoms with Crippen molar-refractivity contribution in [3.8, 4) is 22.8 Å². The van der Waals surface area contributed by atoms with Crippen LogP contribution in [0.4, 0.5) is 18.9 Å². The third-order valence-corrected chi connectivity index (χ3v) is 4.89. The molecule has 156 valence electrons. The molecule has 2 aromatic carbocycles. The van der Waals surface area contributed by atoms with Gasteiger partial charge in [-0.1, -0.05) is 17.3 Å². The monoisotopic (exact) mass is 418 g/mol. The minimum Gasteiger partial charge on any atom is -0.497 e. The average molecular weight is 418 g/mol. The van der Waals surface area contributed by atoms with Gasteiger partial charge in [0, 0.05) is 17.3 Å². The maximum absolute atomic E-state index is 12.8. The summed E-state index contributed by atoms with van der Waals surface area (Å²) in [4.78, 5) is 12.8. The van der Waals surface area contributed by atoms with E-state index in [0.717, 1.165) is 17.7 Å². The van der Waals surface area contributed by atoms with E-state index in [1.807, 2.05) is 18.2 Å². The lowest BCUT2D eigenvalue weighted by molar-refractivity contribution is -0.274. The van der Waals surface area contributed by atoms with Crippen LogP contribution in [0.25, 0.3) is 11.3 Å². The number of aromatic nitrogens is 1. The minimum absolute atomic E-state index is 0.294. The first-order chi connectivity index (χ1) is 14.3. The summed E-state index contributed by atoms with van der Waals surface area (Å²) >= 11 is 0. The fourth-order valence-corrected chi connectivity index (χ4v) is 3.13. The molecule has 1 amide bonds. The fourth-order valence-electron chi connectivity index (χ4n) is 3.13. The first kappa shape index (κ1) is 19.8. The van der Waals surface area contributed by atoms with Crippen LogP contribution in [0.1, 0.15) is 18.5 Å². The predicted octanol–water partition coefficient (Wildman–Crippen LogP) is 4.92. The van der Waals surface area contributed by atoms with E-state index in [-0.39, 0.29) is 11.7 Å². The van der Waals surface area contributed by atoms with Gasteiger partial charge in [0.25, 0.3) is 0 Å². The fraction of sp³-hybridized carbons (Fsp3) is 0.238. The molecular weight excluding hydrogens is 401 g/mol. The molecule has 9 heteroatoms. The Labute approximate surface area is 169 Å². The van der Waals surface area contributed by atoms with Gasteiger partial charge in [-0.15, -0.1) is 13.2 Å². The van der Waals surface area contributed by atoms with Crippen LogP contribution in [-0.4, -0.2) is 24.5 Å². The quantitative estimate of drug-likeness (QED) is 0.615. The highest BCUT2D eigenvalue weighted by Gasteiger charge is 2.53. The van der Waals surface area contributed by atoms with E-state index < -0.39 is 11.8 Å². The topological polar surface area (TPSA) is 73.6 Å². The predicted molar refractivity (Wildman–Crippen MR) is 101 cm³/mol. The van der Waals surface area contributed by atoms with Crippen molar-refractivity contribution in [3.63, 3.8) is 0 Å². The van der Waals surface area contributed by atoms with Crippen LogP contribution in [0.2, 0.25) is 0 Å². The van der Waals surface area contributed by atoms with E-state index in [9.17, 15) is 18.0 Å². The number of methoxy groups -OCH3 is 1. The molecular formula is C21H17F3N2O4. The molecule has 1 saturated carbocycles. The molecule has 6 nitrogen and oxygen atoms in total. The maximum atomic E-state index is 12.8. The summed E-state index contributed by atoms with van der Waals surface area (Å²) in [5, 5.41) is 6.80. The maximum Gasteiger partial charge on any atom is 0.573 e. The Morgan fingerprint density at radius 3 is 2.47 bits per heavy atom. The number of halogens is 3. The summed E-state index contributed by atoms with van der Waals surface area (Å²) < 4.78 is 51.2. The van der Waals surface area contributed by atoms with Gasteiger partial charge in [-0.3, -0.25) is 4.79 Å².